The number of hydrogen-bond donors (Lipinski definition) is 2. The summed E-state index contributed by atoms with van der Waals surface area (Å²) in [5.41, 5.74) is 0. The van der Waals surface area contributed by atoms with Crippen molar-refractivity contribution in [3.63, 3.8) is 0 Å². The van der Waals surface area contributed by atoms with E-state index >= 15 is 0 Å². The third-order valence-electron chi connectivity index (χ3n) is 4.04. The molecule has 0 aromatic rings. The molecule has 1 aliphatic rings. The van der Waals surface area contributed by atoms with Gasteiger partial charge in [0, 0.05) is 12.5 Å². The van der Waals surface area contributed by atoms with Crippen molar-refractivity contribution in [2.24, 2.45) is 11.8 Å². The zero-order chi connectivity index (χ0) is 16.9. The molecule has 2 N–H and O–H groups in total. The zero-order valence-electron chi connectivity index (χ0n) is 14.3. The molecule has 126 valence electrons. The van der Waals surface area contributed by atoms with Crippen LogP contribution in [0.2, 0.25) is 0 Å². The first-order valence-electron chi connectivity index (χ1n) is 8.07. The third kappa shape index (κ3) is 4.53. The summed E-state index contributed by atoms with van der Waals surface area (Å²) >= 11 is 0. The van der Waals surface area contributed by atoms with Crippen LogP contribution in [0.5, 0.6) is 0 Å². The van der Waals surface area contributed by atoms with Crippen molar-refractivity contribution in [3.05, 3.63) is 0 Å². The minimum absolute atomic E-state index is 0.0294. The highest BCUT2D eigenvalue weighted by Crippen LogP contribution is 2.18. The van der Waals surface area contributed by atoms with Crippen LogP contribution in [-0.2, 0) is 14.4 Å². The lowest BCUT2D eigenvalue weighted by atomic mass is 9.92. The lowest BCUT2D eigenvalue weighted by Gasteiger charge is -2.28. The quantitative estimate of drug-likeness (QED) is 0.720. The Balaban J connectivity index is 2.76. The molecule has 6 nitrogen and oxygen atoms in total. The van der Waals surface area contributed by atoms with E-state index in [-0.39, 0.29) is 36.0 Å². The van der Waals surface area contributed by atoms with Crippen LogP contribution in [0.4, 0.5) is 0 Å². The maximum absolute atomic E-state index is 12.5. The van der Waals surface area contributed by atoms with Gasteiger partial charge in [-0.05, 0) is 25.8 Å². The lowest BCUT2D eigenvalue weighted by molar-refractivity contribution is -0.139. The van der Waals surface area contributed by atoms with Gasteiger partial charge >= 0.3 is 0 Å². The van der Waals surface area contributed by atoms with Crippen LogP contribution in [-0.4, -0.2) is 54.7 Å². The highest BCUT2D eigenvalue weighted by atomic mass is 16.2. The van der Waals surface area contributed by atoms with Crippen molar-refractivity contribution >= 4 is 17.6 Å². The van der Waals surface area contributed by atoms with Crippen molar-refractivity contribution in [2.75, 3.05) is 20.1 Å². The molecule has 1 aliphatic heterocycles. The molecular formula is C16H29N3O3. The maximum atomic E-state index is 12.5. The van der Waals surface area contributed by atoms with Crippen molar-refractivity contribution in [2.45, 2.75) is 52.6 Å². The Labute approximate surface area is 133 Å². The molecule has 2 amide bonds. The van der Waals surface area contributed by atoms with Gasteiger partial charge in [-0.3, -0.25) is 14.4 Å². The summed E-state index contributed by atoms with van der Waals surface area (Å²) in [4.78, 5) is 38.4. The average molecular weight is 311 g/mol. The molecule has 22 heavy (non-hydrogen) atoms. The smallest absolute Gasteiger partial charge is 0.243 e. The highest BCUT2D eigenvalue weighted by molar-refractivity contribution is 5.94. The number of amides is 2. The number of carbonyl (C=O) groups is 3. The first-order chi connectivity index (χ1) is 10.3. The number of nitrogens with zero attached hydrogens (tertiary/aromatic N) is 1. The minimum atomic E-state index is -0.491. The predicted octanol–water partition coefficient (Wildman–Crippen LogP) is 0.563. The Bertz CT molecular complexity index is 421. The molecule has 1 fully saturated rings. The summed E-state index contributed by atoms with van der Waals surface area (Å²) < 4.78 is 0. The van der Waals surface area contributed by atoms with Crippen molar-refractivity contribution in [3.8, 4) is 0 Å². The molecule has 1 heterocycles. The van der Waals surface area contributed by atoms with E-state index in [2.05, 4.69) is 10.6 Å². The second-order valence-corrected chi connectivity index (χ2v) is 6.56. The SMILES string of the molecule is CNCC(=O)N1CCCC1C(=O)NC(C(=O)C(C)C)C(C)C. The largest absolute Gasteiger partial charge is 0.344 e. The molecule has 1 rings (SSSR count). The minimum Gasteiger partial charge on any atom is -0.344 e. The predicted molar refractivity (Wildman–Crippen MR) is 85.3 cm³/mol. The number of likely N-dealkylation sites (N-methyl/N-ethyl adjacent to an activating group) is 1. The molecule has 0 bridgehead atoms. The van der Waals surface area contributed by atoms with E-state index in [0.717, 1.165) is 6.42 Å². The second-order valence-electron chi connectivity index (χ2n) is 6.56. The van der Waals surface area contributed by atoms with Gasteiger partial charge in [-0.1, -0.05) is 27.7 Å². The van der Waals surface area contributed by atoms with Gasteiger partial charge in [0.05, 0.1) is 12.6 Å². The topological polar surface area (TPSA) is 78.5 Å². The number of hydrogen-bond acceptors (Lipinski definition) is 4. The summed E-state index contributed by atoms with van der Waals surface area (Å²) in [5, 5.41) is 5.68. The molecular weight excluding hydrogens is 282 g/mol. The van der Waals surface area contributed by atoms with Crippen LogP contribution in [0.1, 0.15) is 40.5 Å². The first kappa shape index (κ1) is 18.6. The van der Waals surface area contributed by atoms with Crippen molar-refractivity contribution in [1.29, 1.82) is 0 Å². The van der Waals surface area contributed by atoms with Crippen LogP contribution in [0.3, 0.4) is 0 Å². The van der Waals surface area contributed by atoms with Gasteiger partial charge in [0.25, 0.3) is 0 Å². The van der Waals surface area contributed by atoms with E-state index in [1.54, 1.807) is 11.9 Å². The average Bonchev–Trinajstić information content (AvgIpc) is 2.93. The monoisotopic (exact) mass is 311 g/mol. The molecule has 0 aromatic heterocycles. The molecule has 0 saturated carbocycles. The van der Waals surface area contributed by atoms with E-state index in [1.165, 1.54) is 0 Å². The Kier molecular flexibility index (Phi) is 7.00. The fourth-order valence-electron chi connectivity index (χ4n) is 2.77. The van der Waals surface area contributed by atoms with E-state index in [1.807, 2.05) is 27.7 Å². The lowest BCUT2D eigenvalue weighted by Crippen LogP contribution is -2.54. The Hall–Kier alpha value is -1.43. The molecule has 1 saturated heterocycles. The molecule has 0 radical (unpaired) electrons. The number of ketones is 1. The summed E-state index contributed by atoms with van der Waals surface area (Å²) in [6.45, 7) is 8.34. The summed E-state index contributed by atoms with van der Waals surface area (Å²) in [5.74, 6) is -0.347. The van der Waals surface area contributed by atoms with Gasteiger partial charge in [0.15, 0.2) is 5.78 Å². The fourth-order valence-corrected chi connectivity index (χ4v) is 2.77. The first-order valence-corrected chi connectivity index (χ1v) is 8.07. The van der Waals surface area contributed by atoms with Crippen LogP contribution >= 0.6 is 0 Å². The molecule has 0 aliphatic carbocycles. The van der Waals surface area contributed by atoms with E-state index in [4.69, 9.17) is 0 Å². The molecule has 6 heteroatoms. The Morgan fingerprint density at radius 1 is 1.18 bits per heavy atom. The molecule has 0 aromatic carbocycles. The maximum Gasteiger partial charge on any atom is 0.243 e. The number of likely N-dealkylation sites (tertiary alicyclic amines) is 1. The molecule has 2 atom stereocenters. The summed E-state index contributed by atoms with van der Waals surface area (Å²) in [7, 11) is 1.71. The summed E-state index contributed by atoms with van der Waals surface area (Å²) in [6, 6.07) is -0.948. The van der Waals surface area contributed by atoms with E-state index in [0.29, 0.717) is 13.0 Å². The van der Waals surface area contributed by atoms with E-state index in [9.17, 15) is 14.4 Å². The van der Waals surface area contributed by atoms with Crippen molar-refractivity contribution in [1.82, 2.24) is 15.5 Å². The highest BCUT2D eigenvalue weighted by Gasteiger charge is 2.36. The van der Waals surface area contributed by atoms with Gasteiger partial charge in [-0.25, -0.2) is 0 Å². The van der Waals surface area contributed by atoms with Gasteiger partial charge in [0.2, 0.25) is 11.8 Å². The summed E-state index contributed by atoms with van der Waals surface area (Å²) in [6.07, 6.45) is 1.47. The van der Waals surface area contributed by atoms with Gasteiger partial charge < -0.3 is 15.5 Å². The van der Waals surface area contributed by atoms with Crippen LogP contribution < -0.4 is 10.6 Å². The standard InChI is InChI=1S/C16H29N3O3/c1-10(2)14(15(21)11(3)4)18-16(22)12-7-6-8-19(12)13(20)9-17-5/h10-12,14,17H,6-9H2,1-5H3,(H,18,22). The number of nitrogens with one attached hydrogen (secondary N) is 2. The van der Waals surface area contributed by atoms with E-state index < -0.39 is 12.1 Å². The van der Waals surface area contributed by atoms with Crippen molar-refractivity contribution < 1.29 is 14.4 Å². The molecule has 0 spiro atoms. The number of carbonyl (C=O) groups excluding carboxylic acids is 3. The van der Waals surface area contributed by atoms with Crippen LogP contribution in [0.15, 0.2) is 0 Å². The van der Waals surface area contributed by atoms with Crippen LogP contribution in [0, 0.1) is 11.8 Å². The Morgan fingerprint density at radius 2 is 1.82 bits per heavy atom. The normalized spacial score (nSPS) is 19.6. The number of rotatable bonds is 7. The second kappa shape index (κ2) is 8.27. The third-order valence-corrected chi connectivity index (χ3v) is 4.04. The zero-order valence-corrected chi connectivity index (χ0v) is 14.3. The van der Waals surface area contributed by atoms with Gasteiger partial charge in [0.1, 0.15) is 6.04 Å². The van der Waals surface area contributed by atoms with Gasteiger partial charge in [-0.2, -0.15) is 0 Å². The molecule has 2 unspecified atom stereocenters. The fraction of sp³-hybridized carbons (Fsp3) is 0.812. The Morgan fingerprint density at radius 3 is 2.32 bits per heavy atom. The van der Waals surface area contributed by atoms with Crippen LogP contribution in [0.25, 0.3) is 0 Å². The van der Waals surface area contributed by atoms with Gasteiger partial charge in [-0.15, -0.1) is 0 Å². The number of Topliss-reactive ketones (excluding diaryl/α,β-unsaturated/α-hetero) is 1.